The maximum Gasteiger partial charge on any atom is 0.316 e. The maximum absolute atomic E-state index is 13.0. The number of carbonyl (C=O) groups excluding carboxylic acids is 1. The second kappa shape index (κ2) is 8.68. The van der Waals surface area contributed by atoms with Gasteiger partial charge >= 0.3 is 6.01 Å². The van der Waals surface area contributed by atoms with Gasteiger partial charge in [0.1, 0.15) is 0 Å². The average molecular weight is 423 g/mol. The predicted molar refractivity (Wildman–Crippen MR) is 117 cm³/mol. The third-order valence-electron chi connectivity index (χ3n) is 5.12. The number of carbonyl (C=O) groups is 1. The number of ether oxygens (including phenoxy) is 2. The third-order valence-corrected chi connectivity index (χ3v) is 5.12. The largest absolute Gasteiger partial charge is 0.494 e. The number of anilines is 2. The lowest BCUT2D eigenvalue weighted by Crippen LogP contribution is -2.54. The van der Waals surface area contributed by atoms with E-state index in [2.05, 4.69) is 49.3 Å². The van der Waals surface area contributed by atoms with Gasteiger partial charge < -0.3 is 19.7 Å². The van der Waals surface area contributed by atoms with Crippen molar-refractivity contribution >= 4 is 28.4 Å². The van der Waals surface area contributed by atoms with Crippen LogP contribution in [0.4, 0.5) is 11.6 Å². The summed E-state index contributed by atoms with van der Waals surface area (Å²) in [5.74, 6) is 0.308. The zero-order valence-electron chi connectivity index (χ0n) is 17.9. The van der Waals surface area contributed by atoms with Crippen LogP contribution in [0.3, 0.4) is 0 Å². The lowest BCUT2D eigenvalue weighted by molar-refractivity contribution is 0.102. The highest BCUT2D eigenvalue weighted by atomic mass is 16.5. The van der Waals surface area contributed by atoms with Gasteiger partial charge in [0, 0.05) is 42.4 Å². The number of methoxy groups -OCH3 is 2. The molecule has 0 spiro atoms. The van der Waals surface area contributed by atoms with Gasteiger partial charge in [0.15, 0.2) is 5.75 Å². The number of rotatable bonds is 5. The number of fused-ring (bicyclic) bond motifs is 1. The molecule has 1 saturated heterocycles. The molecule has 0 aliphatic carbocycles. The van der Waals surface area contributed by atoms with E-state index >= 15 is 0 Å². The minimum Gasteiger partial charge on any atom is -0.494 e. The highest BCUT2D eigenvalue weighted by Gasteiger charge is 2.24. The molecule has 0 radical (unpaired) electrons. The molecule has 31 heavy (non-hydrogen) atoms. The fraction of sp³-hybridized carbons (Fsp3) is 0.381. The summed E-state index contributed by atoms with van der Waals surface area (Å²) in [6.45, 7) is 6.00. The van der Waals surface area contributed by atoms with Crippen LogP contribution < -0.4 is 25.0 Å². The second-order valence-corrected chi connectivity index (χ2v) is 7.53. The lowest BCUT2D eigenvalue weighted by Gasteiger charge is -2.38. The molecule has 3 aromatic rings. The molecule has 162 valence electrons. The number of hydrogen-bond acceptors (Lipinski definition) is 9. The number of benzene rings is 1. The first kappa shape index (κ1) is 20.7. The summed E-state index contributed by atoms with van der Waals surface area (Å²) in [6, 6.07) is 4.58. The first-order chi connectivity index (χ1) is 15.0. The molecule has 2 aromatic heterocycles. The molecule has 1 amide bonds. The number of piperazine rings is 1. The van der Waals surface area contributed by atoms with E-state index in [0.717, 1.165) is 24.2 Å². The number of hydrogen-bond donors (Lipinski definition) is 2. The monoisotopic (exact) mass is 423 g/mol. The summed E-state index contributed by atoms with van der Waals surface area (Å²) in [6.07, 6.45) is 4.68. The molecule has 0 saturated carbocycles. The Morgan fingerprint density at radius 3 is 2.42 bits per heavy atom. The Kier molecular flexibility index (Phi) is 5.81. The molecule has 1 aliphatic rings. The average Bonchev–Trinajstić information content (AvgIpc) is 2.77. The van der Waals surface area contributed by atoms with Crippen molar-refractivity contribution in [1.82, 2.24) is 25.3 Å². The van der Waals surface area contributed by atoms with E-state index in [1.807, 2.05) is 6.07 Å². The van der Waals surface area contributed by atoms with Crippen LogP contribution >= 0.6 is 0 Å². The topological polar surface area (TPSA) is 114 Å². The molecular weight excluding hydrogens is 398 g/mol. The van der Waals surface area contributed by atoms with Gasteiger partial charge in [-0.15, -0.1) is 0 Å². The molecule has 4 rings (SSSR count). The van der Waals surface area contributed by atoms with E-state index in [1.165, 1.54) is 26.6 Å². The SMILES string of the molecule is COc1cnc(NC(=O)c2ccc(N3CC(C)NC(C)C3)c3cnc(OC)nc23)nc1. The van der Waals surface area contributed by atoms with Gasteiger partial charge in [0.25, 0.3) is 5.91 Å². The zero-order chi connectivity index (χ0) is 22.0. The van der Waals surface area contributed by atoms with E-state index in [0.29, 0.717) is 28.9 Å². The molecule has 0 bridgehead atoms. The van der Waals surface area contributed by atoms with Crippen molar-refractivity contribution < 1.29 is 14.3 Å². The summed E-state index contributed by atoms with van der Waals surface area (Å²) in [7, 11) is 3.02. The molecule has 2 unspecified atom stereocenters. The van der Waals surface area contributed by atoms with E-state index < -0.39 is 0 Å². The van der Waals surface area contributed by atoms with Gasteiger partial charge in [-0.2, -0.15) is 4.98 Å². The van der Waals surface area contributed by atoms with Crippen LogP contribution in [-0.4, -0.2) is 65.2 Å². The van der Waals surface area contributed by atoms with Crippen LogP contribution in [0.1, 0.15) is 24.2 Å². The molecule has 1 aliphatic heterocycles. The number of amides is 1. The minimum atomic E-state index is -0.371. The zero-order valence-corrected chi connectivity index (χ0v) is 17.9. The van der Waals surface area contributed by atoms with E-state index in [1.54, 1.807) is 12.3 Å². The summed E-state index contributed by atoms with van der Waals surface area (Å²) in [4.78, 5) is 32.3. The van der Waals surface area contributed by atoms with Crippen molar-refractivity contribution in [3.8, 4) is 11.8 Å². The quantitative estimate of drug-likeness (QED) is 0.635. The third kappa shape index (κ3) is 4.33. The molecule has 10 nitrogen and oxygen atoms in total. The standard InChI is InChI=1S/C21H25N7O3/c1-12-10-28(11-13(2)25-12)17-6-5-15(18-16(17)9-24-21(26-18)31-4)19(29)27-20-22-7-14(30-3)8-23-20/h5-9,12-13,25H,10-11H2,1-4H3,(H,22,23,27,29). The molecule has 1 fully saturated rings. The minimum absolute atomic E-state index is 0.175. The van der Waals surface area contributed by atoms with Crippen molar-refractivity contribution in [3.63, 3.8) is 0 Å². The summed E-state index contributed by atoms with van der Waals surface area (Å²) in [5, 5.41) is 7.02. The van der Waals surface area contributed by atoms with Crippen LogP contribution in [-0.2, 0) is 0 Å². The Morgan fingerprint density at radius 2 is 1.77 bits per heavy atom. The summed E-state index contributed by atoms with van der Waals surface area (Å²) in [5.41, 5.74) is 1.87. The predicted octanol–water partition coefficient (Wildman–Crippen LogP) is 1.88. The molecule has 2 N–H and O–H groups in total. The van der Waals surface area contributed by atoms with Gasteiger partial charge in [0.2, 0.25) is 5.95 Å². The molecular formula is C21H25N7O3. The van der Waals surface area contributed by atoms with Crippen molar-refractivity contribution in [2.45, 2.75) is 25.9 Å². The number of nitrogens with one attached hydrogen (secondary N) is 2. The normalized spacial score (nSPS) is 18.6. The Morgan fingerprint density at radius 1 is 1.06 bits per heavy atom. The summed E-state index contributed by atoms with van der Waals surface area (Å²) < 4.78 is 10.3. The fourth-order valence-electron chi connectivity index (χ4n) is 3.83. The molecule has 1 aromatic carbocycles. The molecule has 10 heteroatoms. The van der Waals surface area contributed by atoms with Gasteiger partial charge in [-0.3, -0.25) is 10.1 Å². The molecule has 2 atom stereocenters. The Labute approximate surface area is 180 Å². The Balaban J connectivity index is 1.72. The van der Waals surface area contributed by atoms with E-state index in [-0.39, 0.29) is 17.9 Å². The van der Waals surface area contributed by atoms with Crippen LogP contribution in [0.2, 0.25) is 0 Å². The highest BCUT2D eigenvalue weighted by Crippen LogP contribution is 2.30. The maximum atomic E-state index is 13.0. The van der Waals surface area contributed by atoms with Gasteiger partial charge in [0.05, 0.1) is 37.7 Å². The van der Waals surface area contributed by atoms with Crippen LogP contribution in [0.25, 0.3) is 10.9 Å². The lowest BCUT2D eigenvalue weighted by atomic mass is 10.0. The fourth-order valence-corrected chi connectivity index (χ4v) is 3.83. The van der Waals surface area contributed by atoms with Gasteiger partial charge in [-0.25, -0.2) is 15.0 Å². The van der Waals surface area contributed by atoms with Crippen LogP contribution in [0, 0.1) is 0 Å². The van der Waals surface area contributed by atoms with Crippen molar-refractivity contribution in [3.05, 3.63) is 36.3 Å². The van der Waals surface area contributed by atoms with Gasteiger partial charge in [-0.05, 0) is 26.0 Å². The Bertz CT molecular complexity index is 1080. The van der Waals surface area contributed by atoms with Crippen molar-refractivity contribution in [1.29, 1.82) is 0 Å². The first-order valence-electron chi connectivity index (χ1n) is 10.0. The molecule has 3 heterocycles. The smallest absolute Gasteiger partial charge is 0.316 e. The van der Waals surface area contributed by atoms with Crippen molar-refractivity contribution in [2.24, 2.45) is 0 Å². The first-order valence-corrected chi connectivity index (χ1v) is 10.0. The second-order valence-electron chi connectivity index (χ2n) is 7.53. The number of nitrogens with zero attached hydrogens (tertiary/aromatic N) is 5. The van der Waals surface area contributed by atoms with Crippen LogP contribution in [0.5, 0.6) is 11.8 Å². The van der Waals surface area contributed by atoms with Crippen LogP contribution in [0.15, 0.2) is 30.7 Å². The Hall–Kier alpha value is -3.53. The highest BCUT2D eigenvalue weighted by molar-refractivity contribution is 6.13. The van der Waals surface area contributed by atoms with Gasteiger partial charge in [-0.1, -0.05) is 0 Å². The van der Waals surface area contributed by atoms with E-state index in [4.69, 9.17) is 9.47 Å². The van der Waals surface area contributed by atoms with Crippen molar-refractivity contribution in [2.75, 3.05) is 37.5 Å². The van der Waals surface area contributed by atoms with E-state index in [9.17, 15) is 4.79 Å². The summed E-state index contributed by atoms with van der Waals surface area (Å²) >= 11 is 0. The number of aromatic nitrogens is 4.